The quantitative estimate of drug-likeness (QED) is 0.919. The Balaban J connectivity index is 2.13. The maximum absolute atomic E-state index is 4.21. The molecule has 17 heavy (non-hydrogen) atoms. The summed E-state index contributed by atoms with van der Waals surface area (Å²) in [6.07, 6.45) is 3.80. The summed E-state index contributed by atoms with van der Waals surface area (Å²) in [5, 5.41) is 3.32. The maximum atomic E-state index is 4.21. The summed E-state index contributed by atoms with van der Waals surface area (Å²) in [5.41, 5.74) is 2.48. The van der Waals surface area contributed by atoms with E-state index >= 15 is 0 Å². The van der Waals surface area contributed by atoms with Crippen molar-refractivity contribution in [2.45, 2.75) is 20.0 Å². The predicted molar refractivity (Wildman–Crippen MR) is 72.9 cm³/mol. The number of rotatable bonds is 5. The highest BCUT2D eigenvalue weighted by atomic mass is 79.9. The fourth-order valence-corrected chi connectivity index (χ4v) is 2.11. The lowest BCUT2D eigenvalue weighted by atomic mass is 10.2. The number of benzene rings is 1. The predicted octanol–water partition coefficient (Wildman–Crippen LogP) is 2.80. The summed E-state index contributed by atoms with van der Waals surface area (Å²) in [7, 11) is 0. The number of nitrogens with one attached hydrogen (secondary N) is 1. The summed E-state index contributed by atoms with van der Waals surface area (Å²) in [4.78, 5) is 4.21. The van der Waals surface area contributed by atoms with Gasteiger partial charge in [-0.05, 0) is 18.2 Å². The number of hydrogen-bond donors (Lipinski definition) is 1. The Morgan fingerprint density at radius 2 is 2.18 bits per heavy atom. The lowest BCUT2D eigenvalue weighted by molar-refractivity contribution is 0.656. The molecule has 1 aromatic heterocycles. The van der Waals surface area contributed by atoms with Crippen molar-refractivity contribution in [2.24, 2.45) is 0 Å². The molecule has 2 rings (SSSR count). The van der Waals surface area contributed by atoms with Gasteiger partial charge in [-0.25, -0.2) is 4.98 Å². The molecule has 2 aromatic rings. The van der Waals surface area contributed by atoms with E-state index in [1.807, 2.05) is 18.6 Å². The van der Waals surface area contributed by atoms with Gasteiger partial charge in [0, 0.05) is 23.8 Å². The molecule has 0 spiro atoms. The third-order valence-electron chi connectivity index (χ3n) is 2.65. The van der Waals surface area contributed by atoms with Gasteiger partial charge >= 0.3 is 0 Å². The van der Waals surface area contributed by atoms with E-state index in [1.54, 1.807) is 0 Å². The zero-order valence-electron chi connectivity index (χ0n) is 9.86. The first-order valence-corrected chi connectivity index (χ1v) is 6.53. The van der Waals surface area contributed by atoms with Crippen LogP contribution in [0.1, 0.15) is 18.2 Å². The normalized spacial score (nSPS) is 10.7. The van der Waals surface area contributed by atoms with Crippen LogP contribution >= 0.6 is 15.9 Å². The fraction of sp³-hybridized carbons (Fsp3) is 0.308. The van der Waals surface area contributed by atoms with Gasteiger partial charge in [-0.2, -0.15) is 0 Å². The molecule has 0 fully saturated rings. The van der Waals surface area contributed by atoms with Crippen molar-refractivity contribution in [2.75, 3.05) is 6.54 Å². The number of nitrogens with zero attached hydrogens (tertiary/aromatic N) is 2. The number of halogens is 1. The molecule has 0 aliphatic rings. The number of imidazole rings is 1. The van der Waals surface area contributed by atoms with Crippen LogP contribution in [0.3, 0.4) is 0 Å². The van der Waals surface area contributed by atoms with Gasteiger partial charge in [0.1, 0.15) is 0 Å². The molecule has 0 aliphatic heterocycles. The highest BCUT2D eigenvalue weighted by Gasteiger charge is 2.04. The van der Waals surface area contributed by atoms with E-state index < -0.39 is 0 Å². The number of hydrogen-bond acceptors (Lipinski definition) is 2. The van der Waals surface area contributed by atoms with Crippen molar-refractivity contribution in [1.82, 2.24) is 14.9 Å². The minimum atomic E-state index is 0.849. The second-order valence-electron chi connectivity index (χ2n) is 3.88. The first-order chi connectivity index (χ1) is 8.31. The van der Waals surface area contributed by atoms with Crippen molar-refractivity contribution in [1.29, 1.82) is 0 Å². The zero-order chi connectivity index (χ0) is 12.1. The molecule has 0 saturated carbocycles. The Morgan fingerprint density at radius 1 is 1.35 bits per heavy atom. The van der Waals surface area contributed by atoms with Gasteiger partial charge in [-0.3, -0.25) is 0 Å². The summed E-state index contributed by atoms with van der Waals surface area (Å²) < 4.78 is 3.31. The molecule has 3 nitrogen and oxygen atoms in total. The lowest BCUT2D eigenvalue weighted by Crippen LogP contribution is -2.15. The van der Waals surface area contributed by atoms with E-state index in [2.05, 4.69) is 55.9 Å². The topological polar surface area (TPSA) is 29.9 Å². The third kappa shape index (κ3) is 3.17. The summed E-state index contributed by atoms with van der Waals surface area (Å²) in [6, 6.07) is 8.28. The Bertz CT molecular complexity index is 479. The first-order valence-electron chi connectivity index (χ1n) is 5.74. The van der Waals surface area contributed by atoms with E-state index in [1.165, 1.54) is 11.3 Å². The van der Waals surface area contributed by atoms with Gasteiger partial charge in [0.25, 0.3) is 0 Å². The SMILES string of the molecule is CCNCc1cncn1Cc1ccccc1Br. The molecule has 1 heterocycles. The third-order valence-corrected chi connectivity index (χ3v) is 3.43. The molecule has 1 N–H and O–H groups in total. The Morgan fingerprint density at radius 3 is 2.94 bits per heavy atom. The Hall–Kier alpha value is -1.13. The molecule has 0 aliphatic carbocycles. The molecule has 1 aromatic carbocycles. The average molecular weight is 294 g/mol. The lowest BCUT2D eigenvalue weighted by Gasteiger charge is -2.09. The van der Waals surface area contributed by atoms with Crippen LogP contribution in [-0.4, -0.2) is 16.1 Å². The number of aromatic nitrogens is 2. The molecule has 0 bridgehead atoms. The maximum Gasteiger partial charge on any atom is 0.0951 e. The first kappa shape index (κ1) is 12.3. The molecule has 90 valence electrons. The van der Waals surface area contributed by atoms with Crippen LogP contribution in [0.5, 0.6) is 0 Å². The van der Waals surface area contributed by atoms with Crippen LogP contribution in [0.4, 0.5) is 0 Å². The monoisotopic (exact) mass is 293 g/mol. The smallest absolute Gasteiger partial charge is 0.0951 e. The van der Waals surface area contributed by atoms with Gasteiger partial charge < -0.3 is 9.88 Å². The van der Waals surface area contributed by atoms with Crippen LogP contribution < -0.4 is 5.32 Å². The molecular formula is C13H16BrN3. The molecule has 4 heteroatoms. The highest BCUT2D eigenvalue weighted by molar-refractivity contribution is 9.10. The van der Waals surface area contributed by atoms with Crippen LogP contribution in [-0.2, 0) is 13.1 Å². The molecule has 0 radical (unpaired) electrons. The van der Waals surface area contributed by atoms with Crippen molar-refractivity contribution >= 4 is 15.9 Å². The van der Waals surface area contributed by atoms with Gasteiger partial charge in [0.05, 0.1) is 12.0 Å². The fourth-order valence-electron chi connectivity index (χ4n) is 1.70. The second kappa shape index (κ2) is 5.98. The van der Waals surface area contributed by atoms with Crippen molar-refractivity contribution < 1.29 is 0 Å². The van der Waals surface area contributed by atoms with Crippen molar-refractivity contribution in [3.8, 4) is 0 Å². The molecule has 0 amide bonds. The van der Waals surface area contributed by atoms with E-state index in [9.17, 15) is 0 Å². The molecule has 0 saturated heterocycles. The van der Waals surface area contributed by atoms with E-state index in [4.69, 9.17) is 0 Å². The largest absolute Gasteiger partial charge is 0.329 e. The standard InChI is InChI=1S/C13H16BrN3/c1-2-15-7-12-8-16-10-17(12)9-11-5-3-4-6-13(11)14/h3-6,8,10,15H,2,7,9H2,1H3. The average Bonchev–Trinajstić information content (AvgIpc) is 2.77. The molecule has 0 unspecified atom stereocenters. The summed E-state index contributed by atoms with van der Waals surface area (Å²) in [5.74, 6) is 0. The van der Waals surface area contributed by atoms with Crippen LogP contribution in [0.2, 0.25) is 0 Å². The van der Waals surface area contributed by atoms with Gasteiger partial charge in [-0.1, -0.05) is 41.1 Å². The molecule has 0 atom stereocenters. The van der Waals surface area contributed by atoms with Crippen molar-refractivity contribution in [3.05, 3.63) is 52.5 Å². The van der Waals surface area contributed by atoms with Crippen LogP contribution in [0.15, 0.2) is 41.3 Å². The second-order valence-corrected chi connectivity index (χ2v) is 4.74. The Kier molecular flexibility index (Phi) is 4.34. The summed E-state index contributed by atoms with van der Waals surface area (Å²) in [6.45, 7) is 4.79. The van der Waals surface area contributed by atoms with Crippen molar-refractivity contribution in [3.63, 3.8) is 0 Å². The Labute approximate surface area is 110 Å². The molecular weight excluding hydrogens is 278 g/mol. The van der Waals surface area contributed by atoms with E-state index in [0.717, 1.165) is 24.1 Å². The minimum absolute atomic E-state index is 0.849. The van der Waals surface area contributed by atoms with Crippen LogP contribution in [0, 0.1) is 0 Å². The minimum Gasteiger partial charge on any atom is -0.329 e. The van der Waals surface area contributed by atoms with Gasteiger partial charge in [0.2, 0.25) is 0 Å². The zero-order valence-corrected chi connectivity index (χ0v) is 11.4. The van der Waals surface area contributed by atoms with E-state index in [-0.39, 0.29) is 0 Å². The highest BCUT2D eigenvalue weighted by Crippen LogP contribution is 2.17. The van der Waals surface area contributed by atoms with Crippen LogP contribution in [0.25, 0.3) is 0 Å². The van der Waals surface area contributed by atoms with Gasteiger partial charge in [0.15, 0.2) is 0 Å². The summed E-state index contributed by atoms with van der Waals surface area (Å²) >= 11 is 3.57. The van der Waals surface area contributed by atoms with E-state index in [0.29, 0.717) is 0 Å². The van der Waals surface area contributed by atoms with Gasteiger partial charge in [-0.15, -0.1) is 0 Å².